The van der Waals surface area contributed by atoms with Crippen LogP contribution in [0.3, 0.4) is 0 Å². The van der Waals surface area contributed by atoms with Crippen molar-refractivity contribution < 1.29 is 0 Å². The smallest absolute Gasteiger partial charge is 0.151 e. The van der Waals surface area contributed by atoms with Crippen molar-refractivity contribution in [1.29, 1.82) is 0 Å². The van der Waals surface area contributed by atoms with Gasteiger partial charge in [-0.2, -0.15) is 10.3 Å². The Labute approximate surface area is 61.0 Å². The Bertz CT molecular complexity index is 216. The van der Waals surface area contributed by atoms with Crippen LogP contribution in [0.4, 0.5) is 0 Å². The predicted molar refractivity (Wildman–Crippen MR) is 36.1 cm³/mol. The molecule has 0 atom stereocenters. The van der Waals surface area contributed by atoms with Crippen molar-refractivity contribution in [2.75, 3.05) is 0 Å². The zero-order valence-electron chi connectivity index (χ0n) is 4.76. The average Bonchev–Trinajstić information content (AvgIpc) is 2.58. The van der Waals surface area contributed by atoms with Crippen molar-refractivity contribution in [3.05, 3.63) is 10.3 Å². The highest BCUT2D eigenvalue weighted by Gasteiger charge is 2.28. The molecule has 0 unspecified atom stereocenters. The highest BCUT2D eigenvalue weighted by Crippen LogP contribution is 2.41. The van der Waals surface area contributed by atoms with Gasteiger partial charge in [0.2, 0.25) is 0 Å². The number of nitrogens with one attached hydrogen (secondary N) is 1. The van der Waals surface area contributed by atoms with Gasteiger partial charge in [-0.05, 0) is 28.8 Å². The Balaban J connectivity index is 2.35. The Hall–Kier alpha value is -0.380. The van der Waals surface area contributed by atoms with Gasteiger partial charge in [0.15, 0.2) is 4.60 Å². The molecule has 1 N–H and O–H groups in total. The highest BCUT2D eigenvalue weighted by atomic mass is 79.9. The van der Waals surface area contributed by atoms with Crippen LogP contribution in [-0.4, -0.2) is 15.4 Å². The van der Waals surface area contributed by atoms with E-state index in [0.717, 1.165) is 10.3 Å². The van der Waals surface area contributed by atoms with E-state index >= 15 is 0 Å². The van der Waals surface area contributed by atoms with Crippen LogP contribution in [0.5, 0.6) is 0 Å². The molecule has 1 heterocycles. The fraction of sp³-hybridized carbons (Fsp3) is 0.600. The van der Waals surface area contributed by atoms with E-state index < -0.39 is 0 Å². The number of H-pyrrole nitrogens is 1. The minimum Gasteiger partial charge on any atom is -0.197 e. The summed E-state index contributed by atoms with van der Waals surface area (Å²) in [7, 11) is 0. The molecular formula is C5H6BrN3. The Morgan fingerprint density at radius 1 is 1.44 bits per heavy atom. The summed E-state index contributed by atoms with van der Waals surface area (Å²) in [6, 6.07) is 0. The fourth-order valence-corrected chi connectivity index (χ4v) is 1.33. The van der Waals surface area contributed by atoms with Gasteiger partial charge in [0.05, 0.1) is 0 Å². The largest absolute Gasteiger partial charge is 0.197 e. The molecule has 1 saturated carbocycles. The molecule has 48 valence electrons. The maximum atomic E-state index is 3.99. The van der Waals surface area contributed by atoms with Gasteiger partial charge in [0.25, 0.3) is 0 Å². The molecule has 3 nitrogen and oxygen atoms in total. The van der Waals surface area contributed by atoms with Crippen molar-refractivity contribution in [1.82, 2.24) is 15.4 Å². The number of nitrogens with zero attached hydrogens (tertiary/aromatic N) is 2. The maximum Gasteiger partial charge on any atom is 0.151 e. The van der Waals surface area contributed by atoms with Crippen molar-refractivity contribution in [3.8, 4) is 0 Å². The van der Waals surface area contributed by atoms with Gasteiger partial charge in [0.1, 0.15) is 5.69 Å². The molecule has 1 aromatic rings. The molecule has 0 saturated heterocycles. The number of halogens is 1. The first-order valence-electron chi connectivity index (χ1n) is 2.94. The molecule has 0 amide bonds. The van der Waals surface area contributed by atoms with Gasteiger partial charge in [-0.1, -0.05) is 0 Å². The molecule has 0 aliphatic heterocycles. The lowest BCUT2D eigenvalue weighted by Gasteiger charge is -1.84. The Kier molecular flexibility index (Phi) is 1.08. The summed E-state index contributed by atoms with van der Waals surface area (Å²) in [6.45, 7) is 0. The van der Waals surface area contributed by atoms with Crippen LogP contribution >= 0.6 is 15.9 Å². The van der Waals surface area contributed by atoms with Crippen LogP contribution in [0.1, 0.15) is 24.5 Å². The van der Waals surface area contributed by atoms with Crippen LogP contribution in [0.2, 0.25) is 0 Å². The van der Waals surface area contributed by atoms with Crippen molar-refractivity contribution in [3.63, 3.8) is 0 Å². The van der Waals surface area contributed by atoms with Crippen molar-refractivity contribution in [2.24, 2.45) is 0 Å². The van der Waals surface area contributed by atoms with E-state index in [1.165, 1.54) is 12.8 Å². The summed E-state index contributed by atoms with van der Waals surface area (Å²) in [5.74, 6) is 0.679. The second kappa shape index (κ2) is 1.80. The molecule has 9 heavy (non-hydrogen) atoms. The third kappa shape index (κ3) is 0.871. The summed E-state index contributed by atoms with van der Waals surface area (Å²) in [6.07, 6.45) is 2.54. The van der Waals surface area contributed by atoms with E-state index in [-0.39, 0.29) is 0 Å². The molecular weight excluding hydrogens is 182 g/mol. The van der Waals surface area contributed by atoms with Crippen LogP contribution in [0.25, 0.3) is 0 Å². The Morgan fingerprint density at radius 3 is 2.67 bits per heavy atom. The van der Waals surface area contributed by atoms with Gasteiger partial charge in [-0.3, -0.25) is 0 Å². The van der Waals surface area contributed by atoms with Crippen LogP contribution in [0.15, 0.2) is 4.60 Å². The van der Waals surface area contributed by atoms with Gasteiger partial charge in [0, 0.05) is 5.92 Å². The molecule has 1 aromatic heterocycles. The number of hydrogen-bond acceptors (Lipinski definition) is 2. The minimum atomic E-state index is 0.679. The van der Waals surface area contributed by atoms with E-state index in [2.05, 4.69) is 31.3 Å². The molecule has 0 bridgehead atoms. The number of aromatic nitrogens is 3. The van der Waals surface area contributed by atoms with Crippen LogP contribution in [0, 0.1) is 0 Å². The molecule has 0 radical (unpaired) electrons. The zero-order valence-corrected chi connectivity index (χ0v) is 6.35. The van der Waals surface area contributed by atoms with Crippen LogP contribution < -0.4 is 0 Å². The van der Waals surface area contributed by atoms with E-state index in [4.69, 9.17) is 0 Å². The summed E-state index contributed by atoms with van der Waals surface area (Å²) in [5, 5.41) is 10.4. The lowest BCUT2D eigenvalue weighted by Crippen LogP contribution is -1.78. The lowest BCUT2D eigenvalue weighted by atomic mass is 10.3. The normalized spacial score (nSPS) is 18.3. The second-order valence-corrected chi connectivity index (χ2v) is 3.03. The van der Waals surface area contributed by atoms with Gasteiger partial charge in [-0.15, -0.1) is 5.10 Å². The fourth-order valence-electron chi connectivity index (χ4n) is 0.843. The second-order valence-electron chi connectivity index (χ2n) is 2.27. The third-order valence-electron chi connectivity index (χ3n) is 1.49. The zero-order chi connectivity index (χ0) is 6.27. The highest BCUT2D eigenvalue weighted by molar-refractivity contribution is 9.10. The molecule has 4 heteroatoms. The quantitative estimate of drug-likeness (QED) is 0.724. The lowest BCUT2D eigenvalue weighted by molar-refractivity contribution is 0.903. The summed E-state index contributed by atoms with van der Waals surface area (Å²) in [5.41, 5.74) is 1.09. The van der Waals surface area contributed by atoms with Crippen LogP contribution in [-0.2, 0) is 0 Å². The van der Waals surface area contributed by atoms with E-state index in [1.54, 1.807) is 0 Å². The molecule has 1 aliphatic rings. The molecule has 1 aliphatic carbocycles. The number of aromatic amines is 1. The molecule has 1 fully saturated rings. The number of hydrogen-bond donors (Lipinski definition) is 1. The van der Waals surface area contributed by atoms with Gasteiger partial charge >= 0.3 is 0 Å². The van der Waals surface area contributed by atoms with E-state index in [1.807, 2.05) is 0 Å². The molecule has 2 rings (SSSR count). The third-order valence-corrected chi connectivity index (χ3v) is 2.08. The summed E-state index contributed by atoms with van der Waals surface area (Å²) >= 11 is 3.30. The topological polar surface area (TPSA) is 41.6 Å². The standard InChI is InChI=1S/C5H6BrN3/c6-5-4(3-1-2-3)7-9-8-5/h3H,1-2H2,(H,7,8,9). The summed E-state index contributed by atoms with van der Waals surface area (Å²) in [4.78, 5) is 0. The first-order chi connectivity index (χ1) is 4.38. The van der Waals surface area contributed by atoms with Crippen molar-refractivity contribution >= 4 is 15.9 Å². The minimum absolute atomic E-state index is 0.679. The number of rotatable bonds is 1. The average molecular weight is 188 g/mol. The van der Waals surface area contributed by atoms with E-state index in [9.17, 15) is 0 Å². The Morgan fingerprint density at radius 2 is 2.22 bits per heavy atom. The van der Waals surface area contributed by atoms with Crippen molar-refractivity contribution in [2.45, 2.75) is 18.8 Å². The predicted octanol–water partition coefficient (Wildman–Crippen LogP) is 1.44. The summed E-state index contributed by atoms with van der Waals surface area (Å²) < 4.78 is 0.880. The monoisotopic (exact) mass is 187 g/mol. The first-order valence-corrected chi connectivity index (χ1v) is 3.73. The molecule has 0 spiro atoms. The van der Waals surface area contributed by atoms with Gasteiger partial charge < -0.3 is 0 Å². The van der Waals surface area contributed by atoms with E-state index in [0.29, 0.717) is 5.92 Å². The van der Waals surface area contributed by atoms with Gasteiger partial charge in [-0.25, -0.2) is 0 Å². The SMILES string of the molecule is Brc1n[nH]nc1C1CC1. The molecule has 0 aromatic carbocycles. The first kappa shape index (κ1) is 5.41. The maximum absolute atomic E-state index is 3.99.